The number of nitrogens with one attached hydrogen (secondary N) is 2. The van der Waals surface area contributed by atoms with Crippen LogP contribution in [0.1, 0.15) is 57.4 Å². The lowest BCUT2D eigenvalue weighted by molar-refractivity contribution is -0.164. The minimum absolute atomic E-state index is 0. The van der Waals surface area contributed by atoms with Crippen molar-refractivity contribution < 1.29 is 37.8 Å². The van der Waals surface area contributed by atoms with Gasteiger partial charge in [-0.2, -0.15) is 10.5 Å². The van der Waals surface area contributed by atoms with Gasteiger partial charge in [0.15, 0.2) is 6.10 Å². The van der Waals surface area contributed by atoms with E-state index in [-0.39, 0.29) is 108 Å². The van der Waals surface area contributed by atoms with E-state index in [1.54, 1.807) is 48.5 Å². The molecule has 2 amide bonds. The third-order valence-corrected chi connectivity index (χ3v) is 9.97. The average molecular weight is 947 g/mol. The largest absolute Gasteiger partial charge is 0.490 e. The number of nitriles is 2. The minimum Gasteiger partial charge on any atom is -0.490 e. The molecule has 2 aromatic heterocycles. The van der Waals surface area contributed by atoms with Crippen molar-refractivity contribution >= 4 is 77.7 Å². The van der Waals surface area contributed by atoms with E-state index < -0.39 is 48.5 Å². The first-order valence-corrected chi connectivity index (χ1v) is 20.6. The van der Waals surface area contributed by atoms with E-state index in [4.69, 9.17) is 47.4 Å². The van der Waals surface area contributed by atoms with Gasteiger partial charge in [0.2, 0.25) is 17.7 Å². The summed E-state index contributed by atoms with van der Waals surface area (Å²) in [5, 5.41) is 26.4. The number of rotatable bonds is 21. The van der Waals surface area contributed by atoms with Crippen molar-refractivity contribution in [3.63, 3.8) is 0 Å². The van der Waals surface area contributed by atoms with Crippen LogP contribution in [0.15, 0.2) is 64.2 Å². The first kappa shape index (κ1) is 53.5. The van der Waals surface area contributed by atoms with Gasteiger partial charge < -0.3 is 46.5 Å². The Kier molecular flexibility index (Phi) is 22.2. The summed E-state index contributed by atoms with van der Waals surface area (Å²) in [5.74, 6) is -1.80. The molecule has 0 bridgehead atoms. The van der Waals surface area contributed by atoms with Crippen molar-refractivity contribution in [2.75, 3.05) is 32.0 Å². The molecule has 1 unspecified atom stereocenters. The monoisotopic (exact) mass is 945 g/mol. The van der Waals surface area contributed by atoms with Crippen LogP contribution in [-0.4, -0.2) is 78.2 Å². The molecule has 338 valence electrons. The van der Waals surface area contributed by atoms with E-state index in [2.05, 4.69) is 32.7 Å². The van der Waals surface area contributed by atoms with Gasteiger partial charge in [0.05, 0.1) is 24.3 Å². The lowest BCUT2D eigenvalue weighted by Gasteiger charge is -2.25. The summed E-state index contributed by atoms with van der Waals surface area (Å²) < 4.78 is 22.9. The zero-order valence-corrected chi connectivity index (χ0v) is 38.1. The van der Waals surface area contributed by atoms with E-state index in [9.17, 15) is 29.7 Å². The molecule has 0 saturated carbocycles. The molecule has 0 aliphatic carbocycles. The molecule has 4 aromatic rings. The number of esters is 2. The van der Waals surface area contributed by atoms with Gasteiger partial charge >= 0.3 is 11.9 Å². The number of nitrogen functional groups attached to an aromatic ring is 1. The Labute approximate surface area is 386 Å². The molecular weight excluding hydrogens is 897 g/mol. The van der Waals surface area contributed by atoms with E-state index in [1.807, 2.05) is 27.7 Å². The molecule has 0 fully saturated rings. The highest BCUT2D eigenvalue weighted by Crippen LogP contribution is 2.37. The average Bonchev–Trinajstić information content (AvgIpc) is 3.72. The van der Waals surface area contributed by atoms with Crippen molar-refractivity contribution in [3.8, 4) is 40.5 Å². The van der Waals surface area contributed by atoms with Gasteiger partial charge in [-0.3, -0.25) is 9.59 Å². The summed E-state index contributed by atoms with van der Waals surface area (Å²) in [5.41, 5.74) is 19.3. The lowest BCUT2D eigenvalue weighted by atomic mass is 9.97. The first-order valence-electron chi connectivity index (χ1n) is 19.2. The Hall–Kier alpha value is -5.60. The second-order valence-corrected chi connectivity index (χ2v) is 15.9. The number of carbonyl (C=O) groups is 4. The third-order valence-electron chi connectivity index (χ3n) is 8.71. The summed E-state index contributed by atoms with van der Waals surface area (Å²) in [4.78, 5) is 59.7. The summed E-state index contributed by atoms with van der Waals surface area (Å²) in [7, 11) is 0. The molecule has 2 heterocycles. The van der Waals surface area contributed by atoms with Gasteiger partial charge in [-0.25, -0.2) is 19.6 Å². The first-order chi connectivity index (χ1) is 29.1. The van der Waals surface area contributed by atoms with Crippen molar-refractivity contribution in [2.24, 2.45) is 23.3 Å². The molecule has 21 heteroatoms. The maximum atomic E-state index is 13.4. The number of hydrogen-bond donors (Lipinski definition) is 5. The van der Waals surface area contributed by atoms with Crippen LogP contribution in [0.25, 0.3) is 22.6 Å². The molecule has 0 spiro atoms. The molecule has 0 aliphatic rings. The number of thioether (sulfide) groups is 1. The second-order valence-electron chi connectivity index (χ2n) is 14.5. The summed E-state index contributed by atoms with van der Waals surface area (Å²) in [6, 6.07) is 15.6. The van der Waals surface area contributed by atoms with E-state index in [1.165, 1.54) is 18.0 Å². The number of nitrogens with zero attached hydrogens (tertiary/aromatic N) is 4. The molecule has 0 aliphatic heterocycles. The number of pyridine rings is 1. The number of halogens is 3. The van der Waals surface area contributed by atoms with Crippen LogP contribution in [-0.2, 0) is 34.4 Å². The fourth-order valence-electron chi connectivity index (χ4n) is 5.85. The van der Waals surface area contributed by atoms with E-state index >= 15 is 0 Å². The predicted octanol–water partition coefficient (Wildman–Crippen LogP) is 5.33. The van der Waals surface area contributed by atoms with Crippen LogP contribution in [0.2, 0.25) is 5.02 Å². The Balaban J connectivity index is 0.00000683. The maximum absolute atomic E-state index is 13.4. The van der Waals surface area contributed by atoms with Crippen molar-refractivity contribution in [1.29, 1.82) is 10.5 Å². The van der Waals surface area contributed by atoms with Crippen molar-refractivity contribution in [2.45, 2.75) is 69.5 Å². The molecule has 63 heavy (non-hydrogen) atoms. The molecular formula is C42H50Cl3N9O8S. The number of nitrogens with two attached hydrogens (primary N) is 3. The summed E-state index contributed by atoms with van der Waals surface area (Å²) >= 11 is 7.20. The fourth-order valence-corrected chi connectivity index (χ4v) is 6.85. The summed E-state index contributed by atoms with van der Waals surface area (Å²) in [6.45, 7) is 6.02. The van der Waals surface area contributed by atoms with Gasteiger partial charge in [0, 0.05) is 21.9 Å². The molecule has 0 saturated heterocycles. The molecule has 8 N–H and O–H groups in total. The van der Waals surface area contributed by atoms with Crippen LogP contribution in [0.4, 0.5) is 5.82 Å². The summed E-state index contributed by atoms with van der Waals surface area (Å²) in [6.07, 6.45) is 0.826. The van der Waals surface area contributed by atoms with Crippen LogP contribution in [0, 0.1) is 34.5 Å². The number of benzene rings is 2. The number of amides is 2. The molecule has 17 nitrogen and oxygen atoms in total. The predicted molar refractivity (Wildman–Crippen MR) is 242 cm³/mol. The van der Waals surface area contributed by atoms with Crippen molar-refractivity contribution in [1.82, 2.24) is 20.6 Å². The molecule has 4 rings (SSSR count). The minimum atomic E-state index is -1.17. The van der Waals surface area contributed by atoms with Crippen LogP contribution in [0.5, 0.6) is 5.75 Å². The zero-order chi connectivity index (χ0) is 44.6. The topological polar surface area (TPSA) is 285 Å². The Bertz CT molecular complexity index is 2250. The number of oxazole rings is 1. The second kappa shape index (κ2) is 26.1. The number of ether oxygens (including phenoxy) is 3. The zero-order valence-electron chi connectivity index (χ0n) is 34.9. The van der Waals surface area contributed by atoms with Crippen LogP contribution in [0.3, 0.4) is 0 Å². The van der Waals surface area contributed by atoms with Gasteiger partial charge in [-0.15, -0.1) is 24.8 Å². The van der Waals surface area contributed by atoms with E-state index in [0.717, 1.165) is 5.56 Å². The van der Waals surface area contributed by atoms with Crippen LogP contribution < -0.4 is 32.6 Å². The van der Waals surface area contributed by atoms with Gasteiger partial charge in [0.25, 0.3) is 0 Å². The molecule has 3 atom stereocenters. The Morgan fingerprint density at radius 3 is 1.90 bits per heavy atom. The normalized spacial score (nSPS) is 12.0. The highest BCUT2D eigenvalue weighted by molar-refractivity contribution is 7.98. The molecule has 0 radical (unpaired) electrons. The van der Waals surface area contributed by atoms with Crippen LogP contribution >= 0.6 is 48.2 Å². The van der Waals surface area contributed by atoms with Gasteiger partial charge in [-0.1, -0.05) is 63.2 Å². The van der Waals surface area contributed by atoms with Gasteiger partial charge in [-0.05, 0) is 66.6 Å². The highest BCUT2D eigenvalue weighted by atomic mass is 35.5. The quantitative estimate of drug-likeness (QED) is 0.0521. The number of hydrogen-bond acceptors (Lipinski definition) is 16. The lowest BCUT2D eigenvalue weighted by Crippen LogP contribution is -2.48. The van der Waals surface area contributed by atoms with Crippen molar-refractivity contribution in [3.05, 3.63) is 76.6 Å². The SMILES string of the molecule is CC(C)CC(NC(=O)CN)C(=O)O[C@H](COC(=O)[C@H](CC(C)C)NC(=O)CN)COc1ccc(-c2c(C#N)c(N)nc(SCc3coc(-c4ccc(Cl)cc4)n3)c2C#N)cc1.Cl.Cl. The van der Waals surface area contributed by atoms with Gasteiger partial charge in [0.1, 0.15) is 65.9 Å². The molecule has 2 aromatic carbocycles. The number of aromatic nitrogens is 2. The maximum Gasteiger partial charge on any atom is 0.329 e. The number of anilines is 1. The fraction of sp³-hybridized carbons (Fsp3) is 0.381. The Morgan fingerprint density at radius 1 is 0.810 bits per heavy atom. The highest BCUT2D eigenvalue weighted by Gasteiger charge is 2.29. The number of carbonyl (C=O) groups excluding carboxylic acids is 4. The smallest absolute Gasteiger partial charge is 0.329 e. The Morgan fingerprint density at radius 2 is 1.37 bits per heavy atom. The standard InChI is InChI=1S/C42H48ClN9O8S.2ClH/c1-23(2)13-33(50-35(53)17-46)41(55)59-21-30(60-42(56)34(14-24(3)4)51-36(54)18-47)20-57-29-11-7-25(8-12-29)37-31(15-44)38(48)52-40(32(37)16-45)61-22-28-19-58-39(49-28)26-5-9-27(43)10-6-26;;/h5-12,19,23-24,30,33-34H,13-14,17-18,20-22,46-47H2,1-4H3,(H2,48,52)(H,50,53)(H,51,54);2*1H/t30-,33-,34?;;/m0../s1. The van der Waals surface area contributed by atoms with E-state index in [0.29, 0.717) is 22.2 Å². The third kappa shape index (κ3) is 15.9.